The van der Waals surface area contributed by atoms with Gasteiger partial charge < -0.3 is 20.1 Å². The molecule has 0 aliphatic carbocycles. The van der Waals surface area contributed by atoms with Crippen LogP contribution in [0.4, 0.5) is 10.1 Å². The maximum absolute atomic E-state index is 15.9. The second-order valence-electron chi connectivity index (χ2n) is 10.8. The number of amidine groups is 1. The summed E-state index contributed by atoms with van der Waals surface area (Å²) in [5, 5.41) is 15.3. The van der Waals surface area contributed by atoms with Gasteiger partial charge in [-0.05, 0) is 49.9 Å². The van der Waals surface area contributed by atoms with Crippen molar-refractivity contribution in [1.29, 1.82) is 0 Å². The Balaban J connectivity index is 1.56. The molecule has 10 nitrogen and oxygen atoms in total. The lowest BCUT2D eigenvalue weighted by molar-refractivity contribution is -0.138. The van der Waals surface area contributed by atoms with Crippen molar-refractivity contribution in [2.45, 2.75) is 45.7 Å². The molecule has 4 rings (SSSR count). The van der Waals surface area contributed by atoms with E-state index in [1.54, 1.807) is 32.2 Å². The number of esters is 1. The predicted octanol–water partition coefficient (Wildman–Crippen LogP) is 3.84. The van der Waals surface area contributed by atoms with E-state index in [0.29, 0.717) is 59.4 Å². The molecule has 1 saturated heterocycles. The Morgan fingerprint density at radius 3 is 2.80 bits per heavy atom. The van der Waals surface area contributed by atoms with Crippen molar-refractivity contribution in [2.24, 2.45) is 10.9 Å². The molecule has 2 unspecified atom stereocenters. The molecular weight excluding hydrogens is 549 g/mol. The minimum atomic E-state index is -1.54. The Morgan fingerprint density at radius 2 is 2.17 bits per heavy atom. The number of piperidine rings is 1. The van der Waals surface area contributed by atoms with Crippen LogP contribution in [0.3, 0.4) is 0 Å². The number of carboxylic acids is 1. The average Bonchev–Trinajstić information content (AvgIpc) is 3.48. The van der Waals surface area contributed by atoms with E-state index in [2.05, 4.69) is 20.2 Å². The lowest BCUT2D eigenvalue weighted by Crippen LogP contribution is -2.53. The number of aromatic nitrogens is 1. The molecule has 2 atom stereocenters. The number of carbonyl (C=O) groups excluding carboxylic acids is 2. The van der Waals surface area contributed by atoms with Gasteiger partial charge in [0.1, 0.15) is 5.67 Å². The SMILES string of the molecule is CCOC(=O)C1=C(CN2CCC(C)(F)C(CN(C=O)c3ccc(C(=O)O)cc3C(C)C)C2)NC(c2nccs2)=NC1. The molecule has 0 radical (unpaired) electrons. The Kier molecular flexibility index (Phi) is 9.54. The number of benzene rings is 1. The van der Waals surface area contributed by atoms with Gasteiger partial charge in [0, 0.05) is 55.1 Å². The molecular formula is C29H36FN5O5S. The number of nitrogens with one attached hydrogen (secondary N) is 1. The van der Waals surface area contributed by atoms with E-state index < -0.39 is 23.5 Å². The van der Waals surface area contributed by atoms with Crippen LogP contribution < -0.4 is 10.2 Å². The molecule has 2 aliphatic heterocycles. The summed E-state index contributed by atoms with van der Waals surface area (Å²) in [6, 6.07) is 4.65. The molecule has 1 aromatic heterocycles. The van der Waals surface area contributed by atoms with Crippen LogP contribution in [0.25, 0.3) is 0 Å². The zero-order valence-corrected chi connectivity index (χ0v) is 24.5. The van der Waals surface area contributed by atoms with Crippen LogP contribution in [0.15, 0.2) is 46.0 Å². The number of nitrogens with zero attached hydrogens (tertiary/aromatic N) is 4. The number of halogens is 1. The molecule has 0 bridgehead atoms. The molecule has 1 amide bonds. The van der Waals surface area contributed by atoms with E-state index >= 15 is 4.39 Å². The molecule has 41 heavy (non-hydrogen) atoms. The first-order valence-corrected chi connectivity index (χ1v) is 14.5. The summed E-state index contributed by atoms with van der Waals surface area (Å²) < 4.78 is 21.2. The first-order valence-electron chi connectivity index (χ1n) is 13.6. The number of hydrogen-bond acceptors (Lipinski definition) is 9. The lowest BCUT2D eigenvalue weighted by Gasteiger charge is -2.43. The molecule has 12 heteroatoms. The largest absolute Gasteiger partial charge is 0.478 e. The topological polar surface area (TPSA) is 124 Å². The molecule has 2 N–H and O–H groups in total. The van der Waals surface area contributed by atoms with Crippen LogP contribution in [0, 0.1) is 5.92 Å². The van der Waals surface area contributed by atoms with E-state index in [-0.39, 0.29) is 37.6 Å². The first kappa shape index (κ1) is 30.3. The predicted molar refractivity (Wildman–Crippen MR) is 155 cm³/mol. The summed E-state index contributed by atoms with van der Waals surface area (Å²) in [4.78, 5) is 48.9. The van der Waals surface area contributed by atoms with Crippen LogP contribution in [0.1, 0.15) is 61.0 Å². The molecule has 1 fully saturated rings. The number of alkyl halides is 1. The summed E-state index contributed by atoms with van der Waals surface area (Å²) in [6.45, 7) is 8.79. The van der Waals surface area contributed by atoms with Gasteiger partial charge in [-0.2, -0.15) is 0 Å². The number of rotatable bonds is 11. The second kappa shape index (κ2) is 12.9. The lowest BCUT2D eigenvalue weighted by atomic mass is 9.83. The normalized spacial score (nSPS) is 21.3. The number of aromatic carboxylic acids is 1. The number of ether oxygens (including phenoxy) is 1. The zero-order chi connectivity index (χ0) is 29.7. The van der Waals surface area contributed by atoms with E-state index in [1.807, 2.05) is 19.2 Å². The fraction of sp³-hybridized carbons (Fsp3) is 0.483. The number of carboxylic acid groups (broad SMARTS) is 1. The van der Waals surface area contributed by atoms with Crippen molar-refractivity contribution in [1.82, 2.24) is 15.2 Å². The smallest absolute Gasteiger partial charge is 0.337 e. The summed E-state index contributed by atoms with van der Waals surface area (Å²) in [5.41, 5.74) is 0.931. The number of aliphatic imine (C=N–C) groups is 1. The molecule has 3 heterocycles. The van der Waals surface area contributed by atoms with Gasteiger partial charge in [-0.3, -0.25) is 14.7 Å². The highest BCUT2D eigenvalue weighted by Crippen LogP contribution is 2.35. The molecule has 1 aromatic carbocycles. The van der Waals surface area contributed by atoms with Gasteiger partial charge in [0.25, 0.3) is 0 Å². The number of thiazole rings is 1. The van der Waals surface area contributed by atoms with Crippen molar-refractivity contribution in [3.63, 3.8) is 0 Å². The van der Waals surface area contributed by atoms with Gasteiger partial charge in [0.15, 0.2) is 10.8 Å². The minimum absolute atomic E-state index is 0.0503. The van der Waals surface area contributed by atoms with Crippen LogP contribution >= 0.6 is 11.3 Å². The summed E-state index contributed by atoms with van der Waals surface area (Å²) in [5.74, 6) is -1.51. The third kappa shape index (κ3) is 6.99. The van der Waals surface area contributed by atoms with Crippen molar-refractivity contribution in [3.8, 4) is 0 Å². The molecule has 2 aliphatic rings. The van der Waals surface area contributed by atoms with E-state index in [1.165, 1.54) is 22.3 Å². The van der Waals surface area contributed by atoms with Crippen molar-refractivity contribution < 1.29 is 28.6 Å². The van der Waals surface area contributed by atoms with Crippen LogP contribution in [-0.4, -0.2) is 84.2 Å². The van der Waals surface area contributed by atoms with Gasteiger partial charge in [-0.15, -0.1) is 11.3 Å². The minimum Gasteiger partial charge on any atom is -0.478 e. The van der Waals surface area contributed by atoms with E-state index in [9.17, 15) is 19.5 Å². The van der Waals surface area contributed by atoms with E-state index in [0.717, 1.165) is 0 Å². The molecule has 2 aromatic rings. The number of carbonyl (C=O) groups is 3. The van der Waals surface area contributed by atoms with Crippen LogP contribution in [0.2, 0.25) is 0 Å². The van der Waals surface area contributed by atoms with Gasteiger partial charge in [0.05, 0.1) is 24.3 Å². The fourth-order valence-electron chi connectivity index (χ4n) is 5.15. The van der Waals surface area contributed by atoms with Crippen molar-refractivity contribution in [3.05, 3.63) is 57.2 Å². The van der Waals surface area contributed by atoms with E-state index in [4.69, 9.17) is 4.74 Å². The van der Waals surface area contributed by atoms with Crippen molar-refractivity contribution >= 4 is 41.2 Å². The van der Waals surface area contributed by atoms with Gasteiger partial charge in [0.2, 0.25) is 6.41 Å². The maximum atomic E-state index is 15.9. The second-order valence-corrected chi connectivity index (χ2v) is 11.7. The van der Waals surface area contributed by atoms with Gasteiger partial charge >= 0.3 is 11.9 Å². The number of anilines is 1. The average molecular weight is 586 g/mol. The standard InChI is InChI=1S/C29H36FN5O5S/c1-5-40-28(39)22-13-32-25(26-31-9-11-41-26)33-23(22)16-34-10-8-29(4,30)20(14-34)15-35(17-36)24-7-6-19(27(37)38)12-21(24)18(2)3/h6-7,9,11-12,17-18,20H,5,8,10,13-16H2,1-4H3,(H,32,33)(H,37,38). The highest BCUT2D eigenvalue weighted by atomic mass is 32.1. The summed E-state index contributed by atoms with van der Waals surface area (Å²) >= 11 is 1.43. The number of hydrogen-bond donors (Lipinski definition) is 2. The van der Waals surface area contributed by atoms with Gasteiger partial charge in [-0.1, -0.05) is 13.8 Å². The van der Waals surface area contributed by atoms with Crippen LogP contribution in [-0.2, 0) is 14.3 Å². The quantitative estimate of drug-likeness (QED) is 0.301. The summed E-state index contributed by atoms with van der Waals surface area (Å²) in [6.07, 6.45) is 2.61. The Morgan fingerprint density at radius 1 is 1.39 bits per heavy atom. The third-order valence-corrected chi connectivity index (χ3v) is 8.34. The zero-order valence-electron chi connectivity index (χ0n) is 23.7. The molecule has 220 valence electrons. The molecule has 0 spiro atoms. The fourth-order valence-corrected chi connectivity index (χ4v) is 5.75. The third-order valence-electron chi connectivity index (χ3n) is 7.56. The number of amides is 1. The Bertz CT molecular complexity index is 1340. The van der Waals surface area contributed by atoms with Crippen LogP contribution in [0.5, 0.6) is 0 Å². The monoisotopic (exact) mass is 585 g/mol. The van der Waals surface area contributed by atoms with Gasteiger partial charge in [-0.25, -0.2) is 19.0 Å². The number of likely N-dealkylation sites (tertiary alicyclic amines) is 1. The van der Waals surface area contributed by atoms with Crippen molar-refractivity contribution in [2.75, 3.05) is 44.2 Å². The Labute approximate surface area is 242 Å². The maximum Gasteiger partial charge on any atom is 0.337 e. The first-order chi connectivity index (χ1) is 19.5. The summed E-state index contributed by atoms with van der Waals surface area (Å²) in [7, 11) is 0. The molecule has 0 saturated carbocycles. The highest BCUT2D eigenvalue weighted by molar-refractivity contribution is 7.11. The Hall–Kier alpha value is -3.64. The highest BCUT2D eigenvalue weighted by Gasteiger charge is 2.41.